The van der Waals surface area contributed by atoms with E-state index < -0.39 is 48.8 Å². The van der Waals surface area contributed by atoms with Gasteiger partial charge >= 0.3 is 23.9 Å². The molecule has 0 fully saturated rings. The van der Waals surface area contributed by atoms with Gasteiger partial charge < -0.3 is 25.1 Å². The summed E-state index contributed by atoms with van der Waals surface area (Å²) in [6.45, 7) is 3.83. The zero-order valence-corrected chi connectivity index (χ0v) is 13.4. The lowest BCUT2D eigenvalue weighted by Crippen LogP contribution is -2.48. The van der Waals surface area contributed by atoms with Crippen LogP contribution in [-0.2, 0) is 42.9 Å². The molecule has 0 aromatic carbocycles. The summed E-state index contributed by atoms with van der Waals surface area (Å²) in [5.74, 6) is -3.04. The second-order valence-electron chi connectivity index (χ2n) is 4.23. The van der Waals surface area contributed by atoms with E-state index in [-0.39, 0.29) is 12.4 Å². The number of ether oxygens (including phenoxy) is 4. The van der Waals surface area contributed by atoms with Crippen molar-refractivity contribution in [3.05, 3.63) is 0 Å². The molecular formula is C13H21NO9. The van der Waals surface area contributed by atoms with E-state index in [1.165, 1.54) is 0 Å². The standard InChI is InChI=1S/C13H18O9.H3N/c1-7(15)19-6-12(21-9(3)17)13(22-10(4)18)11(5-14)20-8(2)16;/h5,11-13H,6H2,1-4H3;1H3/t11-,12+,13-;/m0./s1. The Morgan fingerprint density at radius 3 is 1.65 bits per heavy atom. The van der Waals surface area contributed by atoms with Crippen LogP contribution in [0.15, 0.2) is 0 Å². The molecule has 0 saturated heterocycles. The summed E-state index contributed by atoms with van der Waals surface area (Å²) in [7, 11) is 0. The summed E-state index contributed by atoms with van der Waals surface area (Å²) in [6, 6.07) is 0. The zero-order chi connectivity index (χ0) is 17.3. The lowest BCUT2D eigenvalue weighted by atomic mass is 10.1. The molecule has 0 spiro atoms. The summed E-state index contributed by atoms with van der Waals surface area (Å²) in [5.41, 5.74) is 0. The van der Waals surface area contributed by atoms with Crippen molar-refractivity contribution in [2.75, 3.05) is 6.61 Å². The summed E-state index contributed by atoms with van der Waals surface area (Å²) < 4.78 is 19.2. The highest BCUT2D eigenvalue weighted by atomic mass is 16.6. The van der Waals surface area contributed by atoms with Crippen LogP contribution in [-0.4, -0.2) is 55.1 Å². The minimum Gasteiger partial charge on any atom is -0.462 e. The number of esters is 4. The Morgan fingerprint density at radius 2 is 1.30 bits per heavy atom. The highest BCUT2D eigenvalue weighted by Gasteiger charge is 2.37. The van der Waals surface area contributed by atoms with Gasteiger partial charge in [0.1, 0.15) is 6.61 Å². The van der Waals surface area contributed by atoms with Crippen LogP contribution in [0.5, 0.6) is 0 Å². The van der Waals surface area contributed by atoms with Gasteiger partial charge in [-0.05, 0) is 0 Å². The third-order valence-electron chi connectivity index (χ3n) is 2.20. The third kappa shape index (κ3) is 9.96. The first-order chi connectivity index (χ1) is 10.2. The molecule has 132 valence electrons. The Morgan fingerprint density at radius 1 is 0.826 bits per heavy atom. The minimum atomic E-state index is -1.51. The molecule has 0 saturated carbocycles. The Kier molecular flexibility index (Phi) is 11.0. The van der Waals surface area contributed by atoms with E-state index in [0.29, 0.717) is 0 Å². The maximum absolute atomic E-state index is 11.2. The largest absolute Gasteiger partial charge is 0.462 e. The van der Waals surface area contributed by atoms with Gasteiger partial charge in [-0.25, -0.2) is 0 Å². The first kappa shape index (κ1) is 22.8. The SMILES string of the molecule is CC(=O)OC[C@@H](OC(C)=O)[C@@H](OC(C)=O)[C@H](C=O)OC(C)=O.N. The van der Waals surface area contributed by atoms with Crippen molar-refractivity contribution in [1.82, 2.24) is 6.15 Å². The number of hydrogen-bond acceptors (Lipinski definition) is 10. The first-order valence-electron chi connectivity index (χ1n) is 6.27. The van der Waals surface area contributed by atoms with Crippen LogP contribution in [0.3, 0.4) is 0 Å². The molecule has 0 aliphatic heterocycles. The molecular weight excluding hydrogens is 314 g/mol. The van der Waals surface area contributed by atoms with E-state index in [2.05, 4.69) is 0 Å². The molecule has 0 amide bonds. The molecule has 0 aliphatic rings. The van der Waals surface area contributed by atoms with Gasteiger partial charge in [0.25, 0.3) is 0 Å². The zero-order valence-electron chi connectivity index (χ0n) is 13.4. The van der Waals surface area contributed by atoms with Gasteiger partial charge in [0.2, 0.25) is 0 Å². The predicted octanol–water partition coefficient (Wildman–Crippen LogP) is -0.294. The highest BCUT2D eigenvalue weighted by molar-refractivity contribution is 5.72. The molecule has 0 heterocycles. The Hall–Kier alpha value is -2.49. The number of carbonyl (C=O) groups is 5. The van der Waals surface area contributed by atoms with Crippen molar-refractivity contribution in [2.24, 2.45) is 0 Å². The maximum Gasteiger partial charge on any atom is 0.303 e. The molecule has 3 N–H and O–H groups in total. The van der Waals surface area contributed by atoms with Gasteiger partial charge in [-0.15, -0.1) is 0 Å². The summed E-state index contributed by atoms with van der Waals surface area (Å²) in [4.78, 5) is 55.2. The summed E-state index contributed by atoms with van der Waals surface area (Å²) >= 11 is 0. The lowest BCUT2D eigenvalue weighted by molar-refractivity contribution is -0.188. The fourth-order valence-corrected chi connectivity index (χ4v) is 1.52. The van der Waals surface area contributed by atoms with Gasteiger partial charge in [0.15, 0.2) is 24.6 Å². The maximum atomic E-state index is 11.2. The van der Waals surface area contributed by atoms with E-state index in [1.807, 2.05) is 0 Å². The van der Waals surface area contributed by atoms with Gasteiger partial charge in [-0.2, -0.15) is 0 Å². The van der Waals surface area contributed by atoms with Gasteiger partial charge in [-0.3, -0.25) is 24.0 Å². The molecule has 0 bridgehead atoms. The lowest BCUT2D eigenvalue weighted by Gasteiger charge is -2.28. The van der Waals surface area contributed by atoms with E-state index in [0.717, 1.165) is 27.7 Å². The smallest absolute Gasteiger partial charge is 0.303 e. The molecule has 0 radical (unpaired) electrons. The van der Waals surface area contributed by atoms with E-state index in [1.54, 1.807) is 0 Å². The third-order valence-corrected chi connectivity index (χ3v) is 2.20. The van der Waals surface area contributed by atoms with Crippen LogP contribution in [0.1, 0.15) is 27.7 Å². The molecule has 3 atom stereocenters. The van der Waals surface area contributed by atoms with Crippen LogP contribution < -0.4 is 6.15 Å². The predicted molar refractivity (Wildman–Crippen MR) is 74.4 cm³/mol. The number of hydrogen-bond donors (Lipinski definition) is 1. The molecule has 0 aromatic rings. The molecule has 0 aliphatic carbocycles. The van der Waals surface area contributed by atoms with Crippen LogP contribution in [0.4, 0.5) is 0 Å². The van der Waals surface area contributed by atoms with Crippen LogP contribution in [0.2, 0.25) is 0 Å². The fourth-order valence-electron chi connectivity index (χ4n) is 1.52. The van der Waals surface area contributed by atoms with Gasteiger partial charge in [-0.1, -0.05) is 0 Å². The molecule has 0 unspecified atom stereocenters. The molecule has 0 rings (SSSR count). The van der Waals surface area contributed by atoms with Crippen LogP contribution in [0.25, 0.3) is 0 Å². The van der Waals surface area contributed by atoms with E-state index in [9.17, 15) is 24.0 Å². The molecule has 10 heteroatoms. The van der Waals surface area contributed by atoms with Crippen molar-refractivity contribution < 1.29 is 42.9 Å². The average Bonchev–Trinajstić information content (AvgIpc) is 2.37. The van der Waals surface area contributed by atoms with Crippen LogP contribution >= 0.6 is 0 Å². The number of aldehydes is 1. The Balaban J connectivity index is 0. The number of carbonyl (C=O) groups excluding carboxylic acids is 5. The summed E-state index contributed by atoms with van der Waals surface area (Å²) in [5, 5.41) is 0. The monoisotopic (exact) mass is 335 g/mol. The average molecular weight is 335 g/mol. The number of rotatable bonds is 8. The first-order valence-corrected chi connectivity index (χ1v) is 6.27. The molecule has 0 aromatic heterocycles. The van der Waals surface area contributed by atoms with Crippen molar-refractivity contribution in [1.29, 1.82) is 0 Å². The van der Waals surface area contributed by atoms with Gasteiger partial charge in [0.05, 0.1) is 0 Å². The van der Waals surface area contributed by atoms with E-state index >= 15 is 0 Å². The minimum absolute atomic E-state index is 0. The van der Waals surface area contributed by atoms with E-state index in [4.69, 9.17) is 18.9 Å². The normalized spacial score (nSPS) is 13.4. The Bertz CT molecular complexity index is 449. The highest BCUT2D eigenvalue weighted by Crippen LogP contribution is 2.13. The van der Waals surface area contributed by atoms with Crippen molar-refractivity contribution in [3.63, 3.8) is 0 Å². The fraction of sp³-hybridized carbons (Fsp3) is 0.615. The van der Waals surface area contributed by atoms with Crippen molar-refractivity contribution >= 4 is 30.2 Å². The summed E-state index contributed by atoms with van der Waals surface area (Å²) in [6.07, 6.45) is -4.04. The van der Waals surface area contributed by atoms with Crippen molar-refractivity contribution in [2.45, 2.75) is 46.0 Å². The molecule has 23 heavy (non-hydrogen) atoms. The quantitative estimate of drug-likeness (QED) is 0.355. The van der Waals surface area contributed by atoms with Gasteiger partial charge in [0, 0.05) is 27.7 Å². The topological polar surface area (TPSA) is 157 Å². The second-order valence-corrected chi connectivity index (χ2v) is 4.23. The van der Waals surface area contributed by atoms with Crippen LogP contribution in [0, 0.1) is 0 Å². The Labute approximate surface area is 133 Å². The molecule has 10 nitrogen and oxygen atoms in total. The second kappa shape index (κ2) is 11.1. The van der Waals surface area contributed by atoms with Crippen molar-refractivity contribution in [3.8, 4) is 0 Å².